The van der Waals surface area contributed by atoms with Crippen LogP contribution in [-0.2, 0) is 16.1 Å². The molecule has 1 unspecified atom stereocenters. The van der Waals surface area contributed by atoms with Crippen molar-refractivity contribution in [2.24, 2.45) is 11.8 Å². The van der Waals surface area contributed by atoms with Crippen molar-refractivity contribution in [3.8, 4) is 0 Å². The molecule has 2 amide bonds. The number of thiol groups is 1. The predicted molar refractivity (Wildman–Crippen MR) is 109 cm³/mol. The maximum Gasteiger partial charge on any atom is 0.315 e. The third kappa shape index (κ3) is 4.10. The third-order valence-corrected chi connectivity index (χ3v) is 6.90. The second kappa shape index (κ2) is 8.13. The highest BCUT2D eigenvalue weighted by Crippen LogP contribution is 2.56. The largest absolute Gasteiger partial charge is 0.461 e. The van der Waals surface area contributed by atoms with Crippen molar-refractivity contribution >= 4 is 24.6 Å². The monoisotopic (exact) mass is 390 g/mol. The first-order valence-electron chi connectivity index (χ1n) is 9.82. The van der Waals surface area contributed by atoms with Crippen LogP contribution in [0, 0.1) is 11.8 Å². The molecule has 5 nitrogen and oxygen atoms in total. The number of urea groups is 1. The zero-order valence-corrected chi connectivity index (χ0v) is 17.1. The second-order valence-electron chi connectivity index (χ2n) is 8.13. The highest BCUT2D eigenvalue weighted by molar-refractivity contribution is 7.80. The smallest absolute Gasteiger partial charge is 0.315 e. The molecule has 0 aromatic heterocycles. The van der Waals surface area contributed by atoms with E-state index in [1.54, 1.807) is 0 Å². The molecule has 2 aliphatic rings. The van der Waals surface area contributed by atoms with Crippen molar-refractivity contribution in [1.82, 2.24) is 10.6 Å². The van der Waals surface area contributed by atoms with Crippen LogP contribution >= 0.6 is 12.6 Å². The number of rotatable bonds is 9. The van der Waals surface area contributed by atoms with Crippen LogP contribution in [0.2, 0.25) is 0 Å². The molecule has 1 saturated heterocycles. The highest BCUT2D eigenvalue weighted by atomic mass is 32.1. The van der Waals surface area contributed by atoms with E-state index in [0.29, 0.717) is 24.9 Å². The number of carbonyl (C=O) groups excluding carboxylic acids is 2. The van der Waals surface area contributed by atoms with E-state index in [1.165, 1.54) is 0 Å². The summed E-state index contributed by atoms with van der Waals surface area (Å²) >= 11 is 4.43. The van der Waals surface area contributed by atoms with E-state index < -0.39 is 0 Å². The van der Waals surface area contributed by atoms with Gasteiger partial charge in [0.15, 0.2) is 0 Å². The minimum absolute atomic E-state index is 0.0712. The Kier molecular flexibility index (Phi) is 6.04. The molecule has 2 N–H and O–H groups in total. The molecule has 1 aliphatic heterocycles. The maximum absolute atomic E-state index is 12.0. The van der Waals surface area contributed by atoms with Gasteiger partial charge in [-0.1, -0.05) is 43.7 Å². The van der Waals surface area contributed by atoms with Gasteiger partial charge < -0.3 is 15.4 Å². The summed E-state index contributed by atoms with van der Waals surface area (Å²) < 4.78 is 5.33. The van der Waals surface area contributed by atoms with Gasteiger partial charge in [-0.3, -0.25) is 4.79 Å². The Hall–Kier alpha value is -1.69. The van der Waals surface area contributed by atoms with Crippen LogP contribution in [0.25, 0.3) is 0 Å². The number of hydrogen-bond acceptors (Lipinski definition) is 4. The Balaban J connectivity index is 1.40. The number of esters is 1. The lowest BCUT2D eigenvalue weighted by atomic mass is 9.76. The van der Waals surface area contributed by atoms with Crippen LogP contribution in [0.3, 0.4) is 0 Å². The molecule has 6 heteroatoms. The molecule has 1 spiro atoms. The van der Waals surface area contributed by atoms with Gasteiger partial charge in [0, 0.05) is 6.42 Å². The topological polar surface area (TPSA) is 67.4 Å². The van der Waals surface area contributed by atoms with Gasteiger partial charge >= 0.3 is 12.0 Å². The molecule has 1 aromatic carbocycles. The van der Waals surface area contributed by atoms with Crippen molar-refractivity contribution in [1.29, 1.82) is 0 Å². The van der Waals surface area contributed by atoms with Gasteiger partial charge in [-0.25, -0.2) is 4.79 Å². The molecule has 4 atom stereocenters. The van der Waals surface area contributed by atoms with Gasteiger partial charge in [0.1, 0.15) is 6.61 Å². The second-order valence-corrected chi connectivity index (χ2v) is 8.49. The number of amides is 2. The summed E-state index contributed by atoms with van der Waals surface area (Å²) in [5.74, 6) is 1.39. The lowest BCUT2D eigenvalue weighted by Gasteiger charge is -2.37. The quantitative estimate of drug-likeness (QED) is 0.342. The molecule has 1 aromatic rings. The Morgan fingerprint density at radius 2 is 2.04 bits per heavy atom. The van der Waals surface area contributed by atoms with E-state index in [4.69, 9.17) is 4.74 Å². The summed E-state index contributed by atoms with van der Waals surface area (Å²) in [4.78, 5) is 23.9. The molecular formula is C21H30N2O3S. The average Bonchev–Trinajstić information content (AvgIpc) is 3.31. The summed E-state index contributed by atoms with van der Waals surface area (Å²) in [5.41, 5.74) is 0.593. The lowest BCUT2D eigenvalue weighted by molar-refractivity contribution is -0.145. The molecule has 1 saturated carbocycles. The van der Waals surface area contributed by atoms with Crippen LogP contribution in [0.5, 0.6) is 0 Å². The molecule has 27 heavy (non-hydrogen) atoms. The fourth-order valence-electron chi connectivity index (χ4n) is 4.43. The lowest BCUT2D eigenvalue weighted by Crippen LogP contribution is -2.55. The van der Waals surface area contributed by atoms with E-state index in [2.05, 4.69) is 37.1 Å². The Morgan fingerprint density at radius 1 is 1.30 bits per heavy atom. The number of ether oxygens (including phenoxy) is 1. The van der Waals surface area contributed by atoms with Gasteiger partial charge in [-0.2, -0.15) is 12.6 Å². The SMILES string of the molecule is CC(CCCCC(=O)OCc1ccccc1)[C@@]1(C)NC(=O)N[C@]12C[C@H]2CS. The molecule has 1 heterocycles. The summed E-state index contributed by atoms with van der Waals surface area (Å²) in [6.45, 7) is 4.67. The molecule has 0 radical (unpaired) electrons. The molecule has 0 bridgehead atoms. The minimum Gasteiger partial charge on any atom is -0.461 e. The van der Waals surface area contributed by atoms with E-state index >= 15 is 0 Å². The van der Waals surface area contributed by atoms with Gasteiger partial charge in [0.2, 0.25) is 0 Å². The average molecular weight is 391 g/mol. The standard InChI is InChI=1S/C21H30N2O3S/c1-15(20(2)21(12-17(21)14-27)23-19(25)22-20)8-6-7-11-18(24)26-13-16-9-4-3-5-10-16/h3-5,9-10,15,17,27H,6-8,11-14H2,1-2H3,(H2,22,23,25)/t15?,17-,20+,21-/m0/s1. The van der Waals surface area contributed by atoms with E-state index in [0.717, 1.165) is 37.0 Å². The van der Waals surface area contributed by atoms with Gasteiger partial charge in [0.25, 0.3) is 0 Å². The van der Waals surface area contributed by atoms with E-state index in [9.17, 15) is 9.59 Å². The molecule has 1 aliphatic carbocycles. The number of benzene rings is 1. The van der Waals surface area contributed by atoms with Crippen LogP contribution in [-0.4, -0.2) is 28.8 Å². The first kappa shape index (κ1) is 20.1. The summed E-state index contributed by atoms with van der Waals surface area (Å²) in [6, 6.07) is 9.65. The Morgan fingerprint density at radius 3 is 2.70 bits per heavy atom. The van der Waals surface area contributed by atoms with Crippen molar-refractivity contribution in [3.63, 3.8) is 0 Å². The number of carbonyl (C=O) groups is 2. The van der Waals surface area contributed by atoms with Crippen LogP contribution < -0.4 is 10.6 Å². The van der Waals surface area contributed by atoms with Crippen molar-refractivity contribution in [2.45, 2.75) is 63.6 Å². The van der Waals surface area contributed by atoms with Crippen LogP contribution in [0.15, 0.2) is 30.3 Å². The van der Waals surface area contributed by atoms with Crippen molar-refractivity contribution < 1.29 is 14.3 Å². The zero-order chi connectivity index (χ0) is 19.5. The molecular weight excluding hydrogens is 360 g/mol. The van der Waals surface area contributed by atoms with Gasteiger partial charge in [0.05, 0.1) is 11.1 Å². The number of nitrogens with one attached hydrogen (secondary N) is 2. The van der Waals surface area contributed by atoms with Crippen molar-refractivity contribution in [2.75, 3.05) is 5.75 Å². The molecule has 148 valence electrons. The van der Waals surface area contributed by atoms with Crippen LogP contribution in [0.4, 0.5) is 4.79 Å². The predicted octanol–water partition coefficient (Wildman–Crippen LogP) is 3.69. The number of unbranched alkanes of at least 4 members (excludes halogenated alkanes) is 1. The van der Waals surface area contributed by atoms with E-state index in [-0.39, 0.29) is 23.1 Å². The zero-order valence-electron chi connectivity index (χ0n) is 16.2. The maximum atomic E-state index is 12.0. The highest BCUT2D eigenvalue weighted by Gasteiger charge is 2.70. The summed E-state index contributed by atoms with van der Waals surface area (Å²) in [6.07, 6.45) is 4.13. The Bertz CT molecular complexity index is 683. The Labute approximate surface area is 167 Å². The first-order valence-corrected chi connectivity index (χ1v) is 10.5. The molecule has 3 rings (SSSR count). The fraction of sp³-hybridized carbons (Fsp3) is 0.619. The van der Waals surface area contributed by atoms with E-state index in [1.807, 2.05) is 30.3 Å². The molecule has 2 fully saturated rings. The fourth-order valence-corrected chi connectivity index (χ4v) is 4.87. The summed E-state index contributed by atoms with van der Waals surface area (Å²) in [7, 11) is 0. The van der Waals surface area contributed by atoms with Gasteiger partial charge in [-0.15, -0.1) is 0 Å². The van der Waals surface area contributed by atoms with Crippen LogP contribution in [0.1, 0.15) is 51.5 Å². The summed E-state index contributed by atoms with van der Waals surface area (Å²) in [5, 5.41) is 6.30. The van der Waals surface area contributed by atoms with Crippen molar-refractivity contribution in [3.05, 3.63) is 35.9 Å². The third-order valence-electron chi connectivity index (χ3n) is 6.46. The first-order chi connectivity index (χ1) is 12.9. The minimum atomic E-state index is -0.259. The van der Waals surface area contributed by atoms with Gasteiger partial charge in [-0.05, 0) is 49.3 Å². The number of hydrogen-bond donors (Lipinski definition) is 3. The normalized spacial score (nSPS) is 29.9.